The molecule has 0 atom stereocenters. The fraction of sp³-hybridized carbons (Fsp3) is 0.600. The first-order valence-corrected chi connectivity index (χ1v) is 5.95. The molecule has 94 valence electrons. The summed E-state index contributed by atoms with van der Waals surface area (Å²) in [5, 5.41) is 11.2. The summed E-state index contributed by atoms with van der Waals surface area (Å²) in [4.78, 5) is 7.84. The Morgan fingerprint density at radius 1 is 1.29 bits per heavy atom. The molecular formula is C10H16ClN5O. The van der Waals surface area contributed by atoms with Crippen LogP contribution in [0, 0.1) is 0 Å². The summed E-state index contributed by atoms with van der Waals surface area (Å²) in [5.41, 5.74) is 6.08. The minimum Gasteiger partial charge on any atom is -0.393 e. The number of rotatable bonds is 2. The topological polar surface area (TPSA) is 101 Å². The van der Waals surface area contributed by atoms with Crippen LogP contribution in [-0.4, -0.2) is 27.2 Å². The number of aliphatic hydroxyl groups is 1. The van der Waals surface area contributed by atoms with E-state index in [1.54, 1.807) is 0 Å². The first kappa shape index (κ1) is 12.3. The van der Waals surface area contributed by atoms with Crippen molar-refractivity contribution in [3.63, 3.8) is 0 Å². The maximum atomic E-state index is 9.45. The van der Waals surface area contributed by atoms with Gasteiger partial charge >= 0.3 is 0 Å². The Morgan fingerprint density at radius 2 is 1.94 bits per heavy atom. The van der Waals surface area contributed by atoms with E-state index in [0.29, 0.717) is 11.5 Å². The first-order chi connectivity index (χ1) is 8.09. The van der Waals surface area contributed by atoms with Crippen LogP contribution in [0.25, 0.3) is 0 Å². The van der Waals surface area contributed by atoms with Gasteiger partial charge in [0.1, 0.15) is 12.0 Å². The Balaban J connectivity index is 2.14. The monoisotopic (exact) mass is 257 g/mol. The molecule has 0 radical (unpaired) electrons. The zero-order valence-electron chi connectivity index (χ0n) is 9.38. The number of hydrazine groups is 1. The number of hydrogen-bond acceptors (Lipinski definition) is 6. The second-order valence-corrected chi connectivity index (χ2v) is 4.63. The van der Waals surface area contributed by atoms with Gasteiger partial charge < -0.3 is 10.8 Å². The van der Waals surface area contributed by atoms with Gasteiger partial charge in [-0.25, -0.2) is 15.8 Å². The fourth-order valence-electron chi connectivity index (χ4n) is 2.08. The average Bonchev–Trinajstić information content (AvgIpc) is 2.33. The molecule has 0 amide bonds. The van der Waals surface area contributed by atoms with Crippen molar-refractivity contribution < 1.29 is 5.11 Å². The molecule has 0 bridgehead atoms. The van der Waals surface area contributed by atoms with Gasteiger partial charge in [-0.15, -0.1) is 0 Å². The van der Waals surface area contributed by atoms with Gasteiger partial charge in [-0.2, -0.15) is 0 Å². The number of nitrogen functional groups attached to an aromatic ring is 1. The predicted molar refractivity (Wildman–Crippen MR) is 66.4 cm³/mol. The quantitative estimate of drug-likeness (QED) is 0.409. The molecule has 1 aromatic heterocycles. The van der Waals surface area contributed by atoms with Gasteiger partial charge in [-0.1, -0.05) is 11.6 Å². The van der Waals surface area contributed by atoms with E-state index in [9.17, 15) is 5.11 Å². The maximum absolute atomic E-state index is 9.45. The molecule has 6 nitrogen and oxygen atoms in total. The number of halogens is 1. The van der Waals surface area contributed by atoms with Gasteiger partial charge in [-0.3, -0.25) is 5.01 Å². The van der Waals surface area contributed by atoms with E-state index in [2.05, 4.69) is 9.97 Å². The van der Waals surface area contributed by atoms with E-state index < -0.39 is 0 Å². The molecule has 2 rings (SSSR count). The summed E-state index contributed by atoms with van der Waals surface area (Å²) < 4.78 is 0. The molecule has 1 saturated carbocycles. The highest BCUT2D eigenvalue weighted by atomic mass is 35.5. The Morgan fingerprint density at radius 3 is 2.59 bits per heavy atom. The van der Waals surface area contributed by atoms with Gasteiger partial charge in [0.05, 0.1) is 6.10 Å². The summed E-state index contributed by atoms with van der Waals surface area (Å²) in [6.45, 7) is 0. The van der Waals surface area contributed by atoms with Crippen molar-refractivity contribution in [2.24, 2.45) is 5.84 Å². The molecule has 0 aliphatic heterocycles. The van der Waals surface area contributed by atoms with Crippen LogP contribution in [0.15, 0.2) is 6.33 Å². The molecule has 0 saturated heterocycles. The van der Waals surface area contributed by atoms with Crippen LogP contribution in [0.4, 0.5) is 11.5 Å². The van der Waals surface area contributed by atoms with Crippen molar-refractivity contribution in [1.29, 1.82) is 0 Å². The molecular weight excluding hydrogens is 242 g/mol. The van der Waals surface area contributed by atoms with Crippen LogP contribution in [0.1, 0.15) is 25.7 Å². The van der Waals surface area contributed by atoms with Crippen LogP contribution in [0.3, 0.4) is 0 Å². The van der Waals surface area contributed by atoms with Crippen molar-refractivity contribution in [3.8, 4) is 0 Å². The molecule has 1 fully saturated rings. The average molecular weight is 258 g/mol. The SMILES string of the molecule is Nc1c(Cl)ncnc1N(N)C1CCC(O)CC1. The fourth-order valence-corrected chi connectivity index (χ4v) is 2.21. The highest BCUT2D eigenvalue weighted by molar-refractivity contribution is 6.32. The molecule has 1 aliphatic carbocycles. The molecule has 17 heavy (non-hydrogen) atoms. The molecule has 0 aromatic carbocycles. The van der Waals surface area contributed by atoms with E-state index in [0.717, 1.165) is 25.7 Å². The standard InChI is InChI=1S/C10H16ClN5O/c11-9-8(12)10(15-5-14-9)16(13)6-1-3-7(17)4-2-6/h5-7,17H,1-4,12-13H2. The summed E-state index contributed by atoms with van der Waals surface area (Å²) in [6.07, 6.45) is 4.25. The summed E-state index contributed by atoms with van der Waals surface area (Å²) >= 11 is 5.82. The minimum atomic E-state index is -0.217. The van der Waals surface area contributed by atoms with E-state index in [-0.39, 0.29) is 17.3 Å². The first-order valence-electron chi connectivity index (χ1n) is 5.57. The summed E-state index contributed by atoms with van der Waals surface area (Å²) in [6, 6.07) is 0.131. The highest BCUT2D eigenvalue weighted by Crippen LogP contribution is 2.29. The van der Waals surface area contributed by atoms with Crippen LogP contribution in [0.2, 0.25) is 5.15 Å². The van der Waals surface area contributed by atoms with Crippen molar-refractivity contribution in [3.05, 3.63) is 11.5 Å². The summed E-state index contributed by atoms with van der Waals surface area (Å²) in [5.74, 6) is 6.46. The van der Waals surface area contributed by atoms with E-state index in [4.69, 9.17) is 23.2 Å². The Labute approximate surface area is 105 Å². The molecule has 0 unspecified atom stereocenters. The van der Waals surface area contributed by atoms with E-state index in [1.165, 1.54) is 11.3 Å². The molecule has 1 aromatic rings. The molecule has 5 N–H and O–H groups in total. The van der Waals surface area contributed by atoms with Crippen LogP contribution >= 0.6 is 11.6 Å². The van der Waals surface area contributed by atoms with Crippen LogP contribution in [0.5, 0.6) is 0 Å². The number of nitrogens with two attached hydrogens (primary N) is 2. The number of aliphatic hydroxyl groups excluding tert-OH is 1. The zero-order valence-corrected chi connectivity index (χ0v) is 10.1. The second kappa shape index (κ2) is 5.03. The smallest absolute Gasteiger partial charge is 0.171 e. The van der Waals surface area contributed by atoms with Crippen molar-refractivity contribution >= 4 is 23.1 Å². The Kier molecular flexibility index (Phi) is 3.66. The highest BCUT2D eigenvalue weighted by Gasteiger charge is 2.25. The Bertz CT molecular complexity index is 394. The lowest BCUT2D eigenvalue weighted by Gasteiger charge is -2.33. The Hall–Kier alpha value is -1.11. The maximum Gasteiger partial charge on any atom is 0.171 e. The van der Waals surface area contributed by atoms with Gasteiger partial charge in [-0.05, 0) is 25.7 Å². The van der Waals surface area contributed by atoms with Gasteiger partial charge in [0, 0.05) is 6.04 Å². The second-order valence-electron chi connectivity index (χ2n) is 4.27. The summed E-state index contributed by atoms with van der Waals surface area (Å²) in [7, 11) is 0. The number of aromatic nitrogens is 2. The van der Waals surface area contributed by atoms with Gasteiger partial charge in [0.25, 0.3) is 0 Å². The zero-order chi connectivity index (χ0) is 12.4. The molecule has 1 heterocycles. The van der Waals surface area contributed by atoms with Gasteiger partial charge in [0.2, 0.25) is 0 Å². The van der Waals surface area contributed by atoms with Crippen LogP contribution < -0.4 is 16.6 Å². The van der Waals surface area contributed by atoms with Gasteiger partial charge in [0.15, 0.2) is 11.0 Å². The van der Waals surface area contributed by atoms with Crippen LogP contribution in [-0.2, 0) is 0 Å². The van der Waals surface area contributed by atoms with E-state index in [1.807, 2.05) is 0 Å². The molecule has 7 heteroatoms. The van der Waals surface area contributed by atoms with Crippen molar-refractivity contribution in [2.75, 3.05) is 10.7 Å². The lowest BCUT2D eigenvalue weighted by atomic mass is 9.93. The largest absolute Gasteiger partial charge is 0.393 e. The van der Waals surface area contributed by atoms with E-state index >= 15 is 0 Å². The minimum absolute atomic E-state index is 0.131. The number of anilines is 2. The predicted octanol–water partition coefficient (Wildman–Crippen LogP) is 0.696. The van der Waals surface area contributed by atoms with Crippen molar-refractivity contribution in [1.82, 2.24) is 9.97 Å². The third kappa shape index (κ3) is 2.59. The lowest BCUT2D eigenvalue weighted by molar-refractivity contribution is 0.121. The lowest BCUT2D eigenvalue weighted by Crippen LogP contribution is -2.44. The number of nitrogens with zero attached hydrogens (tertiary/aromatic N) is 3. The molecule has 0 spiro atoms. The number of hydrogen-bond donors (Lipinski definition) is 3. The third-order valence-corrected chi connectivity index (χ3v) is 3.42. The third-order valence-electron chi connectivity index (χ3n) is 3.12. The normalized spacial score (nSPS) is 24.6. The molecule has 1 aliphatic rings. The van der Waals surface area contributed by atoms with Crippen molar-refractivity contribution in [2.45, 2.75) is 37.8 Å².